The lowest BCUT2D eigenvalue weighted by molar-refractivity contribution is -0.389. The fourth-order valence-electron chi connectivity index (χ4n) is 1.71. The molecular weight excluding hydrogens is 218 g/mol. The van der Waals surface area contributed by atoms with Crippen LogP contribution in [0.5, 0.6) is 0 Å². The maximum Gasteiger partial charge on any atom is 0.342 e. The predicted octanol–water partition coefficient (Wildman–Crippen LogP) is 0.00320. The molecule has 0 aliphatic heterocycles. The molecule has 8 nitrogen and oxygen atoms in total. The van der Waals surface area contributed by atoms with Crippen molar-refractivity contribution in [1.82, 2.24) is 10.2 Å². The summed E-state index contributed by atoms with van der Waals surface area (Å²) in [5, 5.41) is 25.1. The van der Waals surface area contributed by atoms with Gasteiger partial charge in [0.05, 0.1) is 6.07 Å². The van der Waals surface area contributed by atoms with E-state index in [4.69, 9.17) is 5.11 Å². The van der Waals surface area contributed by atoms with Gasteiger partial charge in [0.1, 0.15) is 16.9 Å². The van der Waals surface area contributed by atoms with Gasteiger partial charge in [0.25, 0.3) is 0 Å². The van der Waals surface area contributed by atoms with Crippen molar-refractivity contribution >= 4 is 17.6 Å². The van der Waals surface area contributed by atoms with Gasteiger partial charge in [-0.25, -0.2) is 0 Å². The molecule has 2 rings (SSSR count). The van der Waals surface area contributed by atoms with E-state index in [2.05, 4.69) is 10.2 Å². The lowest BCUT2D eigenvalue weighted by atomic mass is 9.66. The maximum absolute atomic E-state index is 11.1. The third-order valence-corrected chi connectivity index (χ3v) is 2.66. The van der Waals surface area contributed by atoms with E-state index < -0.39 is 16.3 Å². The van der Waals surface area contributed by atoms with Crippen molar-refractivity contribution in [1.29, 1.82) is 0 Å². The molecule has 0 saturated heterocycles. The van der Waals surface area contributed by atoms with Crippen molar-refractivity contribution in [3.8, 4) is 0 Å². The highest BCUT2D eigenvalue weighted by atomic mass is 16.6. The first-order valence-corrected chi connectivity index (χ1v) is 4.41. The van der Waals surface area contributed by atoms with Crippen LogP contribution in [-0.2, 0) is 15.0 Å². The average molecular weight is 225 g/mol. The van der Waals surface area contributed by atoms with E-state index in [0.29, 0.717) is 0 Å². The van der Waals surface area contributed by atoms with Crippen LogP contribution >= 0.6 is 0 Å². The third-order valence-electron chi connectivity index (χ3n) is 2.66. The largest absolute Gasteiger partial charge is 0.481 e. The van der Waals surface area contributed by atoms with Crippen molar-refractivity contribution in [3.63, 3.8) is 0 Å². The van der Waals surface area contributed by atoms with Gasteiger partial charge in [0.2, 0.25) is 0 Å². The van der Waals surface area contributed by atoms with Gasteiger partial charge in [0, 0.05) is 12.8 Å². The number of H-pyrrole nitrogens is 1. The Balaban J connectivity index is 2.37. The smallest absolute Gasteiger partial charge is 0.342 e. The van der Waals surface area contributed by atoms with E-state index >= 15 is 0 Å². The number of carboxylic acid groups (broad SMARTS) is 1. The highest BCUT2D eigenvalue weighted by Crippen LogP contribution is 2.41. The van der Waals surface area contributed by atoms with Gasteiger partial charge >= 0.3 is 11.8 Å². The summed E-state index contributed by atoms with van der Waals surface area (Å²) in [5.41, 5.74) is -1.35. The number of aliphatic carboxylic acids is 1. The molecule has 1 aromatic heterocycles. The predicted molar refractivity (Wildman–Crippen MR) is 48.8 cm³/mol. The lowest BCUT2D eigenvalue weighted by Crippen LogP contribution is -2.48. The molecule has 16 heavy (non-hydrogen) atoms. The number of rotatable bonds is 3. The molecule has 84 valence electrons. The SMILES string of the molecule is O=C1CC(C(=O)O)(c2cc([N+](=O)[O-])[nH]n2)C1. The number of nitro groups is 1. The zero-order chi connectivity index (χ0) is 11.9. The second kappa shape index (κ2) is 3.12. The van der Waals surface area contributed by atoms with Crippen LogP contribution < -0.4 is 0 Å². The molecule has 0 amide bonds. The number of aromatic nitrogens is 2. The Bertz CT molecular complexity index is 484. The average Bonchev–Trinajstić information content (AvgIpc) is 2.60. The maximum atomic E-state index is 11.1. The van der Waals surface area contributed by atoms with Gasteiger partial charge < -0.3 is 15.2 Å². The Labute approximate surface area is 88.4 Å². The van der Waals surface area contributed by atoms with E-state index in [0.717, 1.165) is 6.07 Å². The number of carbonyl (C=O) groups is 2. The van der Waals surface area contributed by atoms with E-state index in [9.17, 15) is 19.7 Å². The quantitative estimate of drug-likeness (QED) is 0.550. The van der Waals surface area contributed by atoms with E-state index in [1.54, 1.807) is 0 Å². The van der Waals surface area contributed by atoms with Gasteiger partial charge in [-0.05, 0) is 4.92 Å². The molecule has 1 saturated carbocycles. The number of hydrogen-bond acceptors (Lipinski definition) is 5. The minimum Gasteiger partial charge on any atom is -0.481 e. The topological polar surface area (TPSA) is 126 Å². The molecule has 8 heteroatoms. The van der Waals surface area contributed by atoms with E-state index in [1.165, 1.54) is 0 Å². The van der Waals surface area contributed by atoms with Crippen molar-refractivity contribution in [2.75, 3.05) is 0 Å². The summed E-state index contributed by atoms with van der Waals surface area (Å²) in [6.45, 7) is 0. The fourth-order valence-corrected chi connectivity index (χ4v) is 1.71. The van der Waals surface area contributed by atoms with Crippen LogP contribution in [-0.4, -0.2) is 32.0 Å². The summed E-state index contributed by atoms with van der Waals surface area (Å²) in [5.74, 6) is -1.75. The summed E-state index contributed by atoms with van der Waals surface area (Å²) >= 11 is 0. The molecule has 1 aliphatic rings. The van der Waals surface area contributed by atoms with E-state index in [1.807, 2.05) is 0 Å². The molecule has 1 fully saturated rings. The van der Waals surface area contributed by atoms with Crippen molar-refractivity contribution in [2.24, 2.45) is 0 Å². The summed E-state index contributed by atoms with van der Waals surface area (Å²) in [6.07, 6.45) is -0.325. The molecule has 1 aliphatic carbocycles. The van der Waals surface area contributed by atoms with Crippen molar-refractivity contribution < 1.29 is 19.6 Å². The van der Waals surface area contributed by atoms with Crippen LogP contribution in [0.15, 0.2) is 6.07 Å². The molecule has 0 spiro atoms. The normalized spacial score (nSPS) is 17.9. The van der Waals surface area contributed by atoms with Crippen LogP contribution in [0.1, 0.15) is 18.5 Å². The Morgan fingerprint density at radius 3 is 2.62 bits per heavy atom. The van der Waals surface area contributed by atoms with Gasteiger partial charge in [0.15, 0.2) is 0 Å². The van der Waals surface area contributed by atoms with Gasteiger partial charge in [-0.15, -0.1) is 5.10 Å². The molecule has 2 N–H and O–H groups in total. The first-order valence-electron chi connectivity index (χ1n) is 4.41. The lowest BCUT2D eigenvalue weighted by Gasteiger charge is -2.33. The Morgan fingerprint density at radius 2 is 2.25 bits per heavy atom. The molecule has 0 atom stereocenters. The monoisotopic (exact) mass is 225 g/mol. The Morgan fingerprint density at radius 1 is 1.62 bits per heavy atom. The molecule has 0 radical (unpaired) electrons. The number of nitrogens with zero attached hydrogens (tertiary/aromatic N) is 2. The van der Waals surface area contributed by atoms with Gasteiger partial charge in [-0.2, -0.15) is 0 Å². The third kappa shape index (κ3) is 1.27. The van der Waals surface area contributed by atoms with Crippen LogP contribution in [0, 0.1) is 10.1 Å². The Hall–Kier alpha value is -2.25. The van der Waals surface area contributed by atoms with Gasteiger partial charge in [-0.3, -0.25) is 9.59 Å². The highest BCUT2D eigenvalue weighted by molar-refractivity contribution is 6.01. The van der Waals surface area contributed by atoms with Crippen LogP contribution in [0.4, 0.5) is 5.82 Å². The summed E-state index contributed by atoms with van der Waals surface area (Å²) in [4.78, 5) is 31.7. The number of carbonyl (C=O) groups excluding carboxylic acids is 1. The zero-order valence-electron chi connectivity index (χ0n) is 7.97. The van der Waals surface area contributed by atoms with Crippen molar-refractivity contribution in [2.45, 2.75) is 18.3 Å². The molecular formula is C8H7N3O5. The summed E-state index contributed by atoms with van der Waals surface area (Å²) in [7, 11) is 0. The molecule has 0 unspecified atom stereocenters. The first kappa shape index (κ1) is 10.3. The second-order valence-electron chi connectivity index (χ2n) is 3.68. The number of Topliss-reactive ketones (excluding diaryl/α,β-unsaturated/α-hetero) is 1. The van der Waals surface area contributed by atoms with Crippen LogP contribution in [0.3, 0.4) is 0 Å². The zero-order valence-corrected chi connectivity index (χ0v) is 7.97. The molecule has 0 aromatic carbocycles. The second-order valence-corrected chi connectivity index (χ2v) is 3.68. The number of ketones is 1. The van der Waals surface area contributed by atoms with Crippen LogP contribution in [0.2, 0.25) is 0 Å². The molecule has 0 bridgehead atoms. The first-order chi connectivity index (χ1) is 7.45. The van der Waals surface area contributed by atoms with Gasteiger partial charge in [-0.1, -0.05) is 5.10 Å². The minimum absolute atomic E-state index is 0.0336. The number of aromatic amines is 1. The minimum atomic E-state index is -1.39. The number of carboxylic acids is 1. The van der Waals surface area contributed by atoms with Crippen LogP contribution in [0.25, 0.3) is 0 Å². The standard InChI is InChI=1S/C8H7N3O5/c12-4-2-8(3-4,7(13)14)5-1-6(10-9-5)11(15)16/h1H,2-3H2,(H,9,10)(H,13,14). The summed E-state index contributed by atoms with van der Waals surface area (Å²) in [6, 6.07) is 1.06. The number of hydrogen-bond donors (Lipinski definition) is 2. The summed E-state index contributed by atoms with van der Waals surface area (Å²) < 4.78 is 0. The van der Waals surface area contributed by atoms with Crippen molar-refractivity contribution in [3.05, 3.63) is 21.9 Å². The Kier molecular flexibility index (Phi) is 2.00. The molecule has 1 aromatic rings. The number of nitrogens with one attached hydrogen (secondary N) is 1. The molecule has 1 heterocycles. The van der Waals surface area contributed by atoms with E-state index in [-0.39, 0.29) is 30.1 Å². The fraction of sp³-hybridized carbons (Fsp3) is 0.375. The highest BCUT2D eigenvalue weighted by Gasteiger charge is 2.54.